The van der Waals surface area contributed by atoms with E-state index in [1.54, 1.807) is 36.4 Å². The molecule has 1 aliphatic rings. The molecule has 4 rings (SSSR count). The van der Waals surface area contributed by atoms with Crippen LogP contribution in [0.3, 0.4) is 0 Å². The Kier molecular flexibility index (Phi) is 6.38. The van der Waals surface area contributed by atoms with E-state index in [0.29, 0.717) is 30.3 Å². The fourth-order valence-corrected chi connectivity index (χ4v) is 5.03. The monoisotopic (exact) mass is 454 g/mol. The van der Waals surface area contributed by atoms with Gasteiger partial charge in [-0.15, -0.1) is 0 Å². The first-order valence-corrected chi connectivity index (χ1v) is 11.7. The second-order valence-electron chi connectivity index (χ2n) is 7.34. The number of hydrogen-bond acceptors (Lipinski definition) is 6. The molecule has 3 aromatic carbocycles. The number of para-hydroxylation sites is 1. The molecule has 0 spiro atoms. The van der Waals surface area contributed by atoms with E-state index in [4.69, 9.17) is 9.47 Å². The van der Waals surface area contributed by atoms with Crippen LogP contribution in [0.4, 0.5) is 5.69 Å². The molecule has 0 N–H and O–H groups in total. The van der Waals surface area contributed by atoms with Crippen molar-refractivity contribution in [2.24, 2.45) is 0 Å². The van der Waals surface area contributed by atoms with Gasteiger partial charge in [-0.2, -0.15) is 4.31 Å². The average molecular weight is 455 g/mol. The number of hydrogen-bond donors (Lipinski definition) is 0. The van der Waals surface area contributed by atoms with Gasteiger partial charge in [-0.05, 0) is 49.2 Å². The summed E-state index contributed by atoms with van der Waals surface area (Å²) in [6.07, 6.45) is 2.54. The van der Waals surface area contributed by atoms with Crippen LogP contribution in [-0.2, 0) is 10.0 Å². The van der Waals surface area contributed by atoms with E-state index in [-0.39, 0.29) is 10.6 Å². The first-order chi connectivity index (χ1) is 15.4. The molecule has 0 radical (unpaired) electrons. The quantitative estimate of drug-likeness (QED) is 0.352. The Morgan fingerprint density at radius 1 is 0.781 bits per heavy atom. The minimum atomic E-state index is -3.80. The van der Waals surface area contributed by atoms with Gasteiger partial charge in [0.15, 0.2) is 0 Å². The Morgan fingerprint density at radius 2 is 1.44 bits per heavy atom. The minimum absolute atomic E-state index is 0.0514. The molecule has 32 heavy (non-hydrogen) atoms. The van der Waals surface area contributed by atoms with Gasteiger partial charge in [0.05, 0.1) is 9.82 Å². The van der Waals surface area contributed by atoms with Crippen molar-refractivity contribution in [2.75, 3.05) is 13.1 Å². The number of benzene rings is 3. The molecule has 166 valence electrons. The first-order valence-electron chi connectivity index (χ1n) is 10.2. The summed E-state index contributed by atoms with van der Waals surface area (Å²) in [5.41, 5.74) is -0.419. The van der Waals surface area contributed by atoms with Gasteiger partial charge < -0.3 is 9.47 Å². The fraction of sp³-hybridized carbons (Fsp3) is 0.217. The lowest BCUT2D eigenvalue weighted by Gasteiger charge is -2.25. The molecule has 0 aliphatic carbocycles. The van der Waals surface area contributed by atoms with E-state index in [0.717, 1.165) is 25.3 Å². The zero-order valence-corrected chi connectivity index (χ0v) is 18.0. The Morgan fingerprint density at radius 3 is 2.12 bits per heavy atom. The number of piperidine rings is 1. The van der Waals surface area contributed by atoms with Crippen molar-refractivity contribution in [3.05, 3.63) is 82.9 Å². The third-order valence-corrected chi connectivity index (χ3v) is 6.99. The lowest BCUT2D eigenvalue weighted by molar-refractivity contribution is -0.385. The number of rotatable bonds is 7. The van der Waals surface area contributed by atoms with Gasteiger partial charge >= 0.3 is 5.69 Å². The summed E-state index contributed by atoms with van der Waals surface area (Å²) in [5, 5.41) is 11.7. The molecule has 0 unspecified atom stereocenters. The molecule has 1 aliphatic heterocycles. The number of ether oxygens (including phenoxy) is 2. The molecular formula is C23H22N2O6S. The zero-order chi connectivity index (χ0) is 22.6. The van der Waals surface area contributed by atoms with Crippen LogP contribution in [0.5, 0.6) is 23.0 Å². The standard InChI is InChI=1S/C23H22N2O6S/c26-25(27)22-17-21(32(28,29)24-14-5-2-6-15-24)12-13-23(22)31-20-11-7-10-19(16-20)30-18-8-3-1-4-9-18/h1,3-4,7-13,16-17H,2,5-6,14-15H2. The van der Waals surface area contributed by atoms with Gasteiger partial charge in [-0.25, -0.2) is 8.42 Å². The summed E-state index contributed by atoms with van der Waals surface area (Å²) in [5.74, 6) is 1.42. The van der Waals surface area contributed by atoms with Crippen LogP contribution in [0.1, 0.15) is 19.3 Å². The van der Waals surface area contributed by atoms with E-state index in [1.807, 2.05) is 18.2 Å². The highest BCUT2D eigenvalue weighted by Gasteiger charge is 2.29. The highest BCUT2D eigenvalue weighted by atomic mass is 32.2. The van der Waals surface area contributed by atoms with Crippen LogP contribution in [0.15, 0.2) is 77.7 Å². The molecule has 0 amide bonds. The molecule has 0 atom stereocenters. The van der Waals surface area contributed by atoms with Crippen molar-refractivity contribution in [1.29, 1.82) is 0 Å². The smallest absolute Gasteiger partial charge is 0.312 e. The molecule has 0 saturated carbocycles. The van der Waals surface area contributed by atoms with Gasteiger partial charge in [0.25, 0.3) is 0 Å². The topological polar surface area (TPSA) is 99.0 Å². The Bertz CT molecular complexity index is 1210. The predicted molar refractivity (Wildman–Crippen MR) is 119 cm³/mol. The molecule has 3 aromatic rings. The van der Waals surface area contributed by atoms with Gasteiger partial charge in [0.2, 0.25) is 15.8 Å². The van der Waals surface area contributed by atoms with E-state index in [9.17, 15) is 18.5 Å². The van der Waals surface area contributed by atoms with Crippen LogP contribution < -0.4 is 9.47 Å². The van der Waals surface area contributed by atoms with Gasteiger partial charge in [0.1, 0.15) is 17.2 Å². The normalized spacial score (nSPS) is 14.6. The van der Waals surface area contributed by atoms with Gasteiger partial charge in [-0.3, -0.25) is 10.1 Å². The van der Waals surface area contributed by atoms with Crippen LogP contribution >= 0.6 is 0 Å². The van der Waals surface area contributed by atoms with Crippen LogP contribution in [0, 0.1) is 10.1 Å². The van der Waals surface area contributed by atoms with Crippen molar-refractivity contribution in [3.8, 4) is 23.0 Å². The first kappa shape index (κ1) is 21.8. The molecular weight excluding hydrogens is 432 g/mol. The number of sulfonamides is 1. The van der Waals surface area contributed by atoms with Gasteiger partial charge in [-0.1, -0.05) is 30.7 Å². The molecule has 0 aromatic heterocycles. The molecule has 1 heterocycles. The molecule has 1 saturated heterocycles. The van der Waals surface area contributed by atoms with Crippen molar-refractivity contribution in [3.63, 3.8) is 0 Å². The SMILES string of the molecule is O=[N+]([O-])c1cc(S(=O)(=O)N2CCCCC2)ccc1Oc1cccc(Oc2ccccc2)c1. The van der Waals surface area contributed by atoms with Crippen LogP contribution in [0.25, 0.3) is 0 Å². The van der Waals surface area contributed by atoms with E-state index in [1.165, 1.54) is 16.4 Å². The zero-order valence-electron chi connectivity index (χ0n) is 17.2. The van der Waals surface area contributed by atoms with Crippen molar-refractivity contribution in [2.45, 2.75) is 24.2 Å². The second kappa shape index (κ2) is 9.37. The average Bonchev–Trinajstić information content (AvgIpc) is 2.80. The van der Waals surface area contributed by atoms with Crippen molar-refractivity contribution < 1.29 is 22.8 Å². The summed E-state index contributed by atoms with van der Waals surface area (Å²) in [7, 11) is -3.80. The predicted octanol–water partition coefficient (Wildman–Crippen LogP) is 5.35. The summed E-state index contributed by atoms with van der Waals surface area (Å²) in [6, 6.07) is 19.6. The number of nitro benzene ring substituents is 1. The van der Waals surface area contributed by atoms with E-state index in [2.05, 4.69) is 0 Å². The van der Waals surface area contributed by atoms with Crippen LogP contribution in [0.2, 0.25) is 0 Å². The van der Waals surface area contributed by atoms with Gasteiger partial charge in [0, 0.05) is 25.2 Å². The summed E-state index contributed by atoms with van der Waals surface area (Å²) in [6.45, 7) is 0.838. The Balaban J connectivity index is 1.59. The molecule has 8 nitrogen and oxygen atoms in total. The second-order valence-corrected chi connectivity index (χ2v) is 9.28. The van der Waals surface area contributed by atoms with E-state index >= 15 is 0 Å². The lowest BCUT2D eigenvalue weighted by atomic mass is 10.2. The maximum atomic E-state index is 12.9. The summed E-state index contributed by atoms with van der Waals surface area (Å²) < 4.78 is 38.7. The summed E-state index contributed by atoms with van der Waals surface area (Å²) in [4.78, 5) is 10.9. The fourth-order valence-electron chi connectivity index (χ4n) is 3.49. The van der Waals surface area contributed by atoms with Crippen LogP contribution in [-0.4, -0.2) is 30.7 Å². The van der Waals surface area contributed by atoms with Crippen molar-refractivity contribution >= 4 is 15.7 Å². The maximum Gasteiger partial charge on any atom is 0.312 e. The van der Waals surface area contributed by atoms with E-state index < -0.39 is 20.6 Å². The highest BCUT2D eigenvalue weighted by Crippen LogP contribution is 2.36. The highest BCUT2D eigenvalue weighted by molar-refractivity contribution is 7.89. The number of nitrogens with zero attached hydrogens (tertiary/aromatic N) is 2. The number of nitro groups is 1. The third-order valence-electron chi connectivity index (χ3n) is 5.09. The minimum Gasteiger partial charge on any atom is -0.457 e. The Labute approximate surface area is 186 Å². The lowest BCUT2D eigenvalue weighted by Crippen LogP contribution is -2.35. The van der Waals surface area contributed by atoms with Crippen molar-refractivity contribution in [1.82, 2.24) is 4.31 Å². The molecule has 9 heteroatoms. The molecule has 0 bridgehead atoms. The summed E-state index contributed by atoms with van der Waals surface area (Å²) >= 11 is 0. The largest absolute Gasteiger partial charge is 0.457 e. The molecule has 1 fully saturated rings. The third kappa shape index (κ3) is 4.90. The maximum absolute atomic E-state index is 12.9. The Hall–Kier alpha value is -3.43.